The van der Waals surface area contributed by atoms with Crippen molar-refractivity contribution in [3.8, 4) is 0 Å². The predicted octanol–water partition coefficient (Wildman–Crippen LogP) is 1.99. The number of Topliss-reactive ketones (excluding diaryl/α,β-unsaturated/α-hetero) is 1. The van der Waals surface area contributed by atoms with Crippen molar-refractivity contribution in [2.24, 2.45) is 0 Å². The van der Waals surface area contributed by atoms with Gasteiger partial charge in [0.15, 0.2) is 11.5 Å². The van der Waals surface area contributed by atoms with E-state index in [1.807, 2.05) is 0 Å². The van der Waals surface area contributed by atoms with E-state index in [4.69, 9.17) is 33.4 Å². The van der Waals surface area contributed by atoms with E-state index in [1.165, 1.54) is 0 Å². The van der Waals surface area contributed by atoms with Crippen LogP contribution in [0.5, 0.6) is 0 Å². The summed E-state index contributed by atoms with van der Waals surface area (Å²) in [5.74, 6) is -3.93. The molecular weight excluding hydrogens is 273 g/mol. The lowest BCUT2D eigenvalue weighted by Crippen LogP contribution is -2.16. The molecule has 17 heavy (non-hydrogen) atoms. The van der Waals surface area contributed by atoms with Gasteiger partial charge in [-0.1, -0.05) is 23.2 Å². The summed E-state index contributed by atoms with van der Waals surface area (Å²) in [5, 5.41) is 16.9. The number of carboxylic acids is 2. The molecule has 0 saturated carbocycles. The second-order valence-electron chi connectivity index (χ2n) is 2.98. The normalized spacial score (nSPS) is 10.1. The van der Waals surface area contributed by atoms with Crippen molar-refractivity contribution < 1.29 is 24.6 Å². The summed E-state index contributed by atoms with van der Waals surface area (Å²) in [7, 11) is 0. The summed E-state index contributed by atoms with van der Waals surface area (Å²) in [4.78, 5) is 36.4. The van der Waals surface area contributed by atoms with Crippen molar-refractivity contribution in [2.75, 3.05) is 0 Å². The number of rotatable bonds is 3. The first-order valence-corrected chi connectivity index (χ1v) is 4.89. The van der Waals surface area contributed by atoms with Crippen molar-refractivity contribution in [2.45, 2.75) is 6.92 Å². The Labute approximate surface area is 105 Å². The highest BCUT2D eigenvalue weighted by Crippen LogP contribution is 2.29. The highest BCUT2D eigenvalue weighted by atomic mass is 35.5. The fourth-order valence-corrected chi connectivity index (χ4v) is 1.68. The van der Waals surface area contributed by atoms with Gasteiger partial charge in [0.25, 0.3) is 0 Å². The Hall–Kier alpha value is -1.66. The lowest BCUT2D eigenvalue weighted by atomic mass is 10.0. The second kappa shape index (κ2) is 4.68. The summed E-state index contributed by atoms with van der Waals surface area (Å²) in [6, 6.07) is 0. The molecule has 8 heteroatoms. The molecule has 1 heterocycles. The van der Waals surface area contributed by atoms with Crippen LogP contribution in [0.25, 0.3) is 0 Å². The number of aromatic carboxylic acids is 2. The van der Waals surface area contributed by atoms with Crippen molar-refractivity contribution in [1.29, 1.82) is 0 Å². The number of halogens is 2. The van der Waals surface area contributed by atoms with Gasteiger partial charge >= 0.3 is 11.9 Å². The molecule has 6 nitrogen and oxygen atoms in total. The number of nitrogens with zero attached hydrogens (tertiary/aromatic N) is 1. The van der Waals surface area contributed by atoms with Crippen molar-refractivity contribution in [3.63, 3.8) is 0 Å². The summed E-state index contributed by atoms with van der Waals surface area (Å²) in [6.45, 7) is 1.05. The third kappa shape index (κ3) is 2.37. The fraction of sp³-hybridized carbons (Fsp3) is 0.111. The number of carbonyl (C=O) groups is 3. The van der Waals surface area contributed by atoms with E-state index in [0.717, 1.165) is 6.92 Å². The van der Waals surface area contributed by atoms with Gasteiger partial charge in [0.1, 0.15) is 10.7 Å². The highest BCUT2D eigenvalue weighted by Gasteiger charge is 2.28. The molecule has 0 aliphatic heterocycles. The molecule has 0 aromatic carbocycles. The number of carbonyl (C=O) groups excluding carboxylic acids is 1. The van der Waals surface area contributed by atoms with Crippen LogP contribution in [0, 0.1) is 0 Å². The van der Waals surface area contributed by atoms with Crippen LogP contribution < -0.4 is 0 Å². The first-order chi connectivity index (χ1) is 7.77. The minimum atomic E-state index is -1.61. The van der Waals surface area contributed by atoms with Gasteiger partial charge in [0, 0.05) is 0 Å². The number of hydrogen-bond donors (Lipinski definition) is 2. The van der Waals surface area contributed by atoms with Gasteiger partial charge < -0.3 is 10.2 Å². The third-order valence-corrected chi connectivity index (χ3v) is 2.60. The maximum Gasteiger partial charge on any atom is 0.355 e. The topological polar surface area (TPSA) is 105 Å². The Morgan fingerprint density at radius 2 is 1.59 bits per heavy atom. The molecule has 0 fully saturated rings. The first kappa shape index (κ1) is 13.4. The van der Waals surface area contributed by atoms with Gasteiger partial charge in [-0.2, -0.15) is 0 Å². The van der Waals surface area contributed by atoms with E-state index in [2.05, 4.69) is 4.98 Å². The molecule has 1 aromatic rings. The largest absolute Gasteiger partial charge is 0.478 e. The minimum absolute atomic E-state index is 0.374. The van der Waals surface area contributed by atoms with E-state index in [1.54, 1.807) is 0 Å². The maximum absolute atomic E-state index is 11.3. The van der Waals surface area contributed by atoms with Crippen LogP contribution in [0.2, 0.25) is 10.2 Å². The average Bonchev–Trinajstić information content (AvgIpc) is 2.19. The van der Waals surface area contributed by atoms with E-state index in [-0.39, 0.29) is 5.02 Å². The number of carboxylic acid groups (broad SMARTS) is 2. The van der Waals surface area contributed by atoms with Gasteiger partial charge in [0.05, 0.1) is 10.6 Å². The molecule has 0 bridgehead atoms. The van der Waals surface area contributed by atoms with Crippen LogP contribution in [-0.2, 0) is 0 Å². The molecule has 0 radical (unpaired) electrons. The maximum atomic E-state index is 11.3. The Morgan fingerprint density at radius 3 is 1.94 bits per heavy atom. The molecule has 0 aliphatic rings. The smallest absolute Gasteiger partial charge is 0.355 e. The second-order valence-corrected chi connectivity index (χ2v) is 3.72. The average molecular weight is 278 g/mol. The quantitative estimate of drug-likeness (QED) is 0.647. The molecule has 2 N–H and O–H groups in total. The number of aromatic nitrogens is 1. The Bertz CT molecular complexity index is 541. The molecule has 90 valence electrons. The Kier molecular flexibility index (Phi) is 3.69. The van der Waals surface area contributed by atoms with Gasteiger partial charge in [-0.05, 0) is 6.92 Å². The molecule has 0 spiro atoms. The van der Waals surface area contributed by atoms with E-state index in [0.29, 0.717) is 0 Å². The fourth-order valence-electron chi connectivity index (χ4n) is 1.23. The molecule has 0 atom stereocenters. The van der Waals surface area contributed by atoms with Gasteiger partial charge in [-0.3, -0.25) is 4.79 Å². The lowest BCUT2D eigenvalue weighted by molar-refractivity contribution is 0.0644. The molecule has 0 unspecified atom stereocenters. The van der Waals surface area contributed by atoms with Crippen molar-refractivity contribution in [1.82, 2.24) is 4.98 Å². The van der Waals surface area contributed by atoms with Crippen LogP contribution in [0.15, 0.2) is 0 Å². The minimum Gasteiger partial charge on any atom is -0.478 e. The Balaban J connectivity index is 3.83. The predicted molar refractivity (Wildman–Crippen MR) is 58.2 cm³/mol. The number of pyridine rings is 1. The first-order valence-electron chi connectivity index (χ1n) is 4.13. The van der Waals surface area contributed by atoms with E-state index >= 15 is 0 Å². The standard InChI is InChI=1S/C9H5Cl2NO5/c1-2(13)3-4(8(14)15)6(9(16)17)12-7(11)5(3)10/h1H3,(H,14,15)(H,16,17). The summed E-state index contributed by atoms with van der Waals surface area (Å²) >= 11 is 11.2. The van der Waals surface area contributed by atoms with Crippen LogP contribution >= 0.6 is 23.2 Å². The number of hydrogen-bond acceptors (Lipinski definition) is 4. The third-order valence-electron chi connectivity index (χ3n) is 1.87. The number of ketones is 1. The lowest BCUT2D eigenvalue weighted by Gasteiger charge is -2.09. The molecule has 0 aliphatic carbocycles. The van der Waals surface area contributed by atoms with Crippen LogP contribution in [-0.4, -0.2) is 32.9 Å². The van der Waals surface area contributed by atoms with Crippen LogP contribution in [0.4, 0.5) is 0 Å². The Morgan fingerprint density at radius 1 is 1.06 bits per heavy atom. The highest BCUT2D eigenvalue weighted by molar-refractivity contribution is 6.44. The SMILES string of the molecule is CC(=O)c1c(Cl)c(Cl)nc(C(=O)O)c1C(=O)O. The van der Waals surface area contributed by atoms with Crippen LogP contribution in [0.3, 0.4) is 0 Å². The van der Waals surface area contributed by atoms with Crippen molar-refractivity contribution in [3.05, 3.63) is 27.0 Å². The van der Waals surface area contributed by atoms with Gasteiger partial charge in [-0.25, -0.2) is 14.6 Å². The van der Waals surface area contributed by atoms with Crippen LogP contribution in [0.1, 0.15) is 38.1 Å². The van der Waals surface area contributed by atoms with Gasteiger partial charge in [-0.15, -0.1) is 0 Å². The van der Waals surface area contributed by atoms with Gasteiger partial charge in [0.2, 0.25) is 0 Å². The van der Waals surface area contributed by atoms with E-state index in [9.17, 15) is 14.4 Å². The molecule has 1 aromatic heterocycles. The summed E-state index contributed by atoms with van der Waals surface area (Å²) < 4.78 is 0. The molecule has 0 saturated heterocycles. The van der Waals surface area contributed by atoms with E-state index < -0.39 is 39.7 Å². The monoisotopic (exact) mass is 277 g/mol. The molecule has 1 rings (SSSR count). The zero-order valence-electron chi connectivity index (χ0n) is 8.32. The molecular formula is C9H5Cl2NO5. The zero-order valence-corrected chi connectivity index (χ0v) is 9.83. The summed E-state index contributed by atoms with van der Waals surface area (Å²) in [5.41, 5.74) is -2.05. The van der Waals surface area contributed by atoms with Crippen molar-refractivity contribution >= 4 is 40.9 Å². The molecule has 0 amide bonds. The zero-order chi connectivity index (χ0) is 13.3. The summed E-state index contributed by atoms with van der Waals surface area (Å²) in [6.07, 6.45) is 0.